The molecule has 0 bridgehead atoms. The number of phosphoric acid groups is 1. The lowest BCUT2D eigenvalue weighted by molar-refractivity contribution is -0.870. The first-order valence-corrected chi connectivity index (χ1v) is 22.9. The Labute approximate surface area is 320 Å². The summed E-state index contributed by atoms with van der Waals surface area (Å²) in [6.07, 6.45) is 25.0. The molecule has 2 unspecified atom stereocenters. The summed E-state index contributed by atoms with van der Waals surface area (Å²) < 4.78 is 23.0. The summed E-state index contributed by atoms with van der Waals surface area (Å²) in [5.41, 5.74) is 0. The standard InChI is InChI=1S/C41H85N2O8P/c1-7-8-9-10-11-12-13-14-15-16-17-18-23-26-29-32-39(45)41(47)42-37(35-51-52(48,49)50-34-33-43(4,5)6)40(46)38(44)31-28-25-22-20-19-21-24-27-30-36(2)3/h36-40,44-46H,7-35H2,1-6H3,(H-,42,47,48,49)/t37-,38+,39?,40-/m0/s1. The van der Waals surface area contributed by atoms with Crippen LogP contribution >= 0.6 is 7.82 Å². The van der Waals surface area contributed by atoms with Gasteiger partial charge in [-0.15, -0.1) is 0 Å². The van der Waals surface area contributed by atoms with Crippen molar-refractivity contribution in [1.82, 2.24) is 5.32 Å². The van der Waals surface area contributed by atoms with E-state index in [0.717, 1.165) is 44.4 Å². The molecule has 5 atom stereocenters. The Bertz CT molecular complexity index is 872. The number of unbranched alkanes of at least 4 members (excludes halogenated alkanes) is 21. The molecular formula is C41H85N2O8P. The molecule has 11 heteroatoms. The SMILES string of the molecule is CCCCCCCCCCCCCCCCCC(O)C(=O)N[C@@H](COP(=O)([O-])OCC[N+](C)(C)C)[C@H](O)[C@H](O)CCCCCCCCCCC(C)C. The molecule has 0 aliphatic carbocycles. The Hall–Kier alpha value is -0.580. The monoisotopic (exact) mass is 765 g/mol. The second kappa shape index (κ2) is 32.6. The summed E-state index contributed by atoms with van der Waals surface area (Å²) in [4.78, 5) is 25.4. The molecule has 52 heavy (non-hydrogen) atoms. The van der Waals surface area contributed by atoms with Crippen LogP contribution in [0.5, 0.6) is 0 Å². The van der Waals surface area contributed by atoms with Gasteiger partial charge in [0.1, 0.15) is 25.4 Å². The normalized spacial score (nSPS) is 15.8. The first kappa shape index (κ1) is 51.4. The Kier molecular flexibility index (Phi) is 32.3. The van der Waals surface area contributed by atoms with Crippen molar-refractivity contribution in [2.75, 3.05) is 40.9 Å². The number of aliphatic hydroxyl groups is 3. The smallest absolute Gasteiger partial charge is 0.268 e. The molecule has 0 aromatic rings. The Morgan fingerprint density at radius 2 is 1.06 bits per heavy atom. The van der Waals surface area contributed by atoms with E-state index in [1.165, 1.54) is 103 Å². The van der Waals surface area contributed by atoms with Gasteiger partial charge < -0.3 is 39.1 Å². The van der Waals surface area contributed by atoms with E-state index in [-0.39, 0.29) is 13.0 Å². The Balaban J connectivity index is 4.63. The first-order chi connectivity index (χ1) is 24.7. The van der Waals surface area contributed by atoms with Gasteiger partial charge in [-0.05, 0) is 18.8 Å². The van der Waals surface area contributed by atoms with Crippen LogP contribution in [0, 0.1) is 5.92 Å². The van der Waals surface area contributed by atoms with Gasteiger partial charge in [-0.1, -0.05) is 175 Å². The van der Waals surface area contributed by atoms with Crippen LogP contribution in [0.25, 0.3) is 0 Å². The van der Waals surface area contributed by atoms with Gasteiger partial charge in [0, 0.05) is 0 Å². The molecule has 0 fully saturated rings. The molecule has 0 saturated heterocycles. The fourth-order valence-corrected chi connectivity index (χ4v) is 7.11. The van der Waals surface area contributed by atoms with E-state index in [0.29, 0.717) is 30.3 Å². The molecule has 312 valence electrons. The zero-order chi connectivity index (χ0) is 39.1. The predicted octanol–water partition coefficient (Wildman–Crippen LogP) is 8.58. The van der Waals surface area contributed by atoms with Crippen molar-refractivity contribution in [1.29, 1.82) is 0 Å². The number of hydrogen-bond donors (Lipinski definition) is 4. The van der Waals surface area contributed by atoms with Gasteiger partial charge >= 0.3 is 0 Å². The van der Waals surface area contributed by atoms with Gasteiger partial charge in [-0.2, -0.15) is 0 Å². The van der Waals surface area contributed by atoms with Crippen LogP contribution in [0.4, 0.5) is 0 Å². The molecular weight excluding hydrogens is 679 g/mol. The van der Waals surface area contributed by atoms with Crippen LogP contribution < -0.4 is 10.2 Å². The number of hydrogen-bond acceptors (Lipinski definition) is 8. The van der Waals surface area contributed by atoms with Crippen LogP contribution in [0.15, 0.2) is 0 Å². The predicted molar refractivity (Wildman–Crippen MR) is 213 cm³/mol. The van der Waals surface area contributed by atoms with E-state index >= 15 is 0 Å². The summed E-state index contributed by atoms with van der Waals surface area (Å²) >= 11 is 0. The summed E-state index contributed by atoms with van der Waals surface area (Å²) in [5.74, 6) is 0.0382. The van der Waals surface area contributed by atoms with E-state index in [2.05, 4.69) is 26.1 Å². The van der Waals surface area contributed by atoms with Crippen molar-refractivity contribution >= 4 is 13.7 Å². The highest BCUT2D eigenvalue weighted by Crippen LogP contribution is 2.38. The Morgan fingerprint density at radius 1 is 0.654 bits per heavy atom. The summed E-state index contributed by atoms with van der Waals surface area (Å²) in [6, 6.07) is -1.24. The fraction of sp³-hybridized carbons (Fsp3) is 0.976. The summed E-state index contributed by atoms with van der Waals surface area (Å²) in [7, 11) is 0.985. The number of amides is 1. The summed E-state index contributed by atoms with van der Waals surface area (Å²) in [6.45, 7) is 6.50. The molecule has 0 radical (unpaired) electrons. The molecule has 0 aromatic heterocycles. The first-order valence-electron chi connectivity index (χ1n) is 21.4. The van der Waals surface area contributed by atoms with Crippen LogP contribution in [0.2, 0.25) is 0 Å². The highest BCUT2D eigenvalue weighted by Gasteiger charge is 2.31. The average Bonchev–Trinajstić information content (AvgIpc) is 3.07. The van der Waals surface area contributed by atoms with Crippen molar-refractivity contribution < 1.29 is 43.1 Å². The quantitative estimate of drug-likeness (QED) is 0.0278. The number of quaternary nitrogens is 1. The number of rotatable bonds is 38. The molecule has 0 rings (SSSR count). The Morgan fingerprint density at radius 3 is 1.48 bits per heavy atom. The van der Waals surface area contributed by atoms with Gasteiger partial charge in [-0.25, -0.2) is 0 Å². The van der Waals surface area contributed by atoms with Gasteiger partial charge in [0.25, 0.3) is 7.82 Å². The molecule has 0 aliphatic rings. The third-order valence-electron chi connectivity index (χ3n) is 9.97. The fourth-order valence-electron chi connectivity index (χ4n) is 6.39. The molecule has 1 amide bonds. The minimum atomic E-state index is -4.73. The number of nitrogens with one attached hydrogen (secondary N) is 1. The lowest BCUT2D eigenvalue weighted by Crippen LogP contribution is -2.53. The van der Waals surface area contributed by atoms with E-state index in [1.54, 1.807) is 0 Å². The minimum absolute atomic E-state index is 0.0810. The number of nitrogens with zero attached hydrogens (tertiary/aromatic N) is 1. The van der Waals surface area contributed by atoms with Crippen molar-refractivity contribution in [3.8, 4) is 0 Å². The maximum Gasteiger partial charge on any atom is 0.268 e. The van der Waals surface area contributed by atoms with E-state index < -0.39 is 44.7 Å². The third-order valence-corrected chi connectivity index (χ3v) is 10.9. The molecule has 4 N–H and O–H groups in total. The maximum absolute atomic E-state index is 12.9. The van der Waals surface area contributed by atoms with Gasteiger partial charge in [0.2, 0.25) is 5.91 Å². The van der Waals surface area contributed by atoms with E-state index in [4.69, 9.17) is 9.05 Å². The number of carbonyl (C=O) groups excluding carboxylic acids is 1. The highest BCUT2D eigenvalue weighted by atomic mass is 31.2. The molecule has 0 aromatic carbocycles. The van der Waals surface area contributed by atoms with Crippen LogP contribution in [-0.2, 0) is 18.4 Å². The van der Waals surface area contributed by atoms with Crippen LogP contribution in [-0.4, -0.2) is 91.0 Å². The number of aliphatic hydroxyl groups excluding tert-OH is 3. The van der Waals surface area contributed by atoms with Crippen molar-refractivity contribution in [2.24, 2.45) is 5.92 Å². The van der Waals surface area contributed by atoms with Crippen LogP contribution in [0.3, 0.4) is 0 Å². The van der Waals surface area contributed by atoms with Crippen molar-refractivity contribution in [2.45, 2.75) is 212 Å². The van der Waals surface area contributed by atoms with Gasteiger partial charge in [0.05, 0.1) is 39.9 Å². The number of likely N-dealkylation sites (N-methyl/N-ethyl adjacent to an activating group) is 1. The highest BCUT2D eigenvalue weighted by molar-refractivity contribution is 7.45. The zero-order valence-electron chi connectivity index (χ0n) is 34.7. The third kappa shape index (κ3) is 32.8. The molecule has 10 nitrogen and oxygen atoms in total. The van der Waals surface area contributed by atoms with Crippen molar-refractivity contribution in [3.05, 3.63) is 0 Å². The topological polar surface area (TPSA) is 148 Å². The summed E-state index contributed by atoms with van der Waals surface area (Å²) in [5, 5.41) is 34.9. The second-order valence-corrected chi connectivity index (χ2v) is 18.2. The number of carbonyl (C=O) groups is 1. The van der Waals surface area contributed by atoms with E-state index in [9.17, 15) is 29.6 Å². The van der Waals surface area contributed by atoms with Gasteiger partial charge in [-0.3, -0.25) is 9.36 Å². The lowest BCUT2D eigenvalue weighted by Gasteiger charge is -2.31. The number of phosphoric ester groups is 1. The average molecular weight is 765 g/mol. The largest absolute Gasteiger partial charge is 0.756 e. The van der Waals surface area contributed by atoms with Crippen molar-refractivity contribution in [3.63, 3.8) is 0 Å². The zero-order valence-corrected chi connectivity index (χ0v) is 35.6. The lowest BCUT2D eigenvalue weighted by atomic mass is 9.99. The van der Waals surface area contributed by atoms with Crippen LogP contribution in [0.1, 0.15) is 188 Å². The van der Waals surface area contributed by atoms with E-state index in [1.807, 2.05) is 21.1 Å². The second-order valence-electron chi connectivity index (χ2n) is 16.8. The molecule has 0 spiro atoms. The maximum atomic E-state index is 12.9. The van der Waals surface area contributed by atoms with Gasteiger partial charge in [0.15, 0.2) is 0 Å². The molecule has 0 aliphatic heterocycles. The molecule has 0 heterocycles. The molecule has 0 saturated carbocycles. The minimum Gasteiger partial charge on any atom is -0.756 e.